The molecule has 5 atom stereocenters. The number of hydrogen-bond donors (Lipinski definition) is 0. The Morgan fingerprint density at radius 2 is 1.86 bits per heavy atom. The monoisotopic (exact) mass is 286 g/mol. The summed E-state index contributed by atoms with van der Waals surface area (Å²) in [5.41, 5.74) is 1.03. The lowest BCUT2D eigenvalue weighted by Crippen LogP contribution is -2.61. The normalized spacial score (nSPS) is 46.8. The van der Waals surface area contributed by atoms with E-state index < -0.39 is 10.8 Å². The molecule has 1 saturated carbocycles. The molecule has 0 radical (unpaired) electrons. The first kappa shape index (κ1) is 13.4. The summed E-state index contributed by atoms with van der Waals surface area (Å²) in [6.45, 7) is 7.95. The molecule has 2 nitrogen and oxygen atoms in total. The van der Waals surface area contributed by atoms with Crippen LogP contribution in [0.1, 0.15) is 19.3 Å². The number of rotatable bonds is 2. The summed E-state index contributed by atoms with van der Waals surface area (Å²) < 4.78 is 0. The van der Waals surface area contributed by atoms with E-state index in [1.165, 1.54) is 11.1 Å². The highest BCUT2D eigenvalue weighted by Gasteiger charge is 2.72. The lowest BCUT2D eigenvalue weighted by molar-refractivity contribution is 0.0126. The van der Waals surface area contributed by atoms with Gasteiger partial charge in [0.05, 0.1) is 17.6 Å². The third-order valence-electron chi connectivity index (χ3n) is 6.43. The fourth-order valence-electron chi connectivity index (χ4n) is 5.43. The fraction of sp³-hybridized carbons (Fsp3) is 0.400. The average Bonchev–Trinajstić information content (AvgIpc) is 2.88. The second-order valence-electron chi connectivity index (χ2n) is 6.94. The van der Waals surface area contributed by atoms with E-state index >= 15 is 0 Å². The maximum atomic E-state index is 10.0. The molecule has 4 rings (SSSR count). The SMILES string of the molecule is C=CC1C[C@@]2(C#N)C=C[C@@]3(C#N)C4=C(CC=C[C@]412)C[C@H]3C=C. The van der Waals surface area contributed by atoms with Crippen LogP contribution in [0, 0.1) is 50.7 Å². The summed E-state index contributed by atoms with van der Waals surface area (Å²) in [5.74, 6) is 0.341. The van der Waals surface area contributed by atoms with Crippen LogP contribution >= 0.6 is 0 Å². The molecule has 2 heteroatoms. The van der Waals surface area contributed by atoms with Crippen molar-refractivity contribution in [3.8, 4) is 12.1 Å². The van der Waals surface area contributed by atoms with Crippen molar-refractivity contribution in [2.75, 3.05) is 0 Å². The highest BCUT2D eigenvalue weighted by atomic mass is 14.7. The molecule has 0 aromatic rings. The Morgan fingerprint density at radius 3 is 2.50 bits per heavy atom. The van der Waals surface area contributed by atoms with Crippen LogP contribution in [0.4, 0.5) is 0 Å². The molecule has 0 saturated heterocycles. The van der Waals surface area contributed by atoms with Crippen LogP contribution in [0.5, 0.6) is 0 Å². The van der Waals surface area contributed by atoms with E-state index in [4.69, 9.17) is 0 Å². The van der Waals surface area contributed by atoms with Gasteiger partial charge in [-0.2, -0.15) is 10.5 Å². The number of nitriles is 2. The summed E-state index contributed by atoms with van der Waals surface area (Å²) in [5, 5.41) is 19.9. The zero-order valence-electron chi connectivity index (χ0n) is 12.5. The maximum Gasteiger partial charge on any atom is 0.104 e. The molecule has 4 aliphatic carbocycles. The van der Waals surface area contributed by atoms with Crippen LogP contribution in [0.25, 0.3) is 0 Å². The van der Waals surface area contributed by atoms with E-state index in [0.29, 0.717) is 0 Å². The first-order valence-electron chi connectivity index (χ1n) is 7.83. The Labute approximate surface area is 131 Å². The third kappa shape index (κ3) is 1.07. The second-order valence-corrected chi connectivity index (χ2v) is 6.94. The van der Waals surface area contributed by atoms with E-state index in [9.17, 15) is 10.5 Å². The summed E-state index contributed by atoms with van der Waals surface area (Å²) in [4.78, 5) is 0. The molecule has 0 bridgehead atoms. The highest BCUT2D eigenvalue weighted by Crippen LogP contribution is 2.76. The van der Waals surface area contributed by atoms with Gasteiger partial charge in [-0.1, -0.05) is 42.0 Å². The van der Waals surface area contributed by atoms with Crippen LogP contribution < -0.4 is 0 Å². The second kappa shape index (κ2) is 3.90. The lowest BCUT2D eigenvalue weighted by atomic mass is 9.36. The Balaban J connectivity index is 2.07. The van der Waals surface area contributed by atoms with Crippen LogP contribution in [-0.4, -0.2) is 0 Å². The van der Waals surface area contributed by atoms with Crippen molar-refractivity contribution >= 4 is 0 Å². The van der Waals surface area contributed by atoms with E-state index in [2.05, 4.69) is 37.4 Å². The van der Waals surface area contributed by atoms with Crippen molar-refractivity contribution in [3.63, 3.8) is 0 Å². The first-order chi connectivity index (χ1) is 10.6. The molecule has 0 heterocycles. The molecule has 1 spiro atoms. The predicted octanol–water partition coefficient (Wildman–Crippen LogP) is 4.23. The van der Waals surface area contributed by atoms with Crippen molar-refractivity contribution in [1.29, 1.82) is 10.5 Å². The maximum absolute atomic E-state index is 10.0. The number of hydrogen-bond acceptors (Lipinski definition) is 2. The Morgan fingerprint density at radius 1 is 1.09 bits per heavy atom. The Kier molecular flexibility index (Phi) is 2.37. The van der Waals surface area contributed by atoms with Crippen molar-refractivity contribution < 1.29 is 0 Å². The van der Waals surface area contributed by atoms with Gasteiger partial charge in [-0.05, 0) is 30.8 Å². The molecule has 4 aliphatic rings. The number of nitrogens with zero attached hydrogens (tertiary/aromatic N) is 2. The smallest absolute Gasteiger partial charge is 0.104 e. The van der Waals surface area contributed by atoms with Gasteiger partial charge < -0.3 is 0 Å². The van der Waals surface area contributed by atoms with Crippen molar-refractivity contribution in [2.45, 2.75) is 19.3 Å². The fourth-order valence-corrected chi connectivity index (χ4v) is 5.43. The largest absolute Gasteiger partial charge is 0.197 e. The highest BCUT2D eigenvalue weighted by molar-refractivity contribution is 5.61. The van der Waals surface area contributed by atoms with Crippen LogP contribution in [0.2, 0.25) is 0 Å². The van der Waals surface area contributed by atoms with Gasteiger partial charge in [0.25, 0.3) is 0 Å². The van der Waals surface area contributed by atoms with Crippen LogP contribution in [0.3, 0.4) is 0 Å². The molecule has 1 fully saturated rings. The molecule has 0 N–H and O–H groups in total. The molecule has 0 amide bonds. The summed E-state index contributed by atoms with van der Waals surface area (Å²) in [6, 6.07) is 5.14. The molecular formula is C20H18N2. The molecule has 0 aliphatic heterocycles. The van der Waals surface area contributed by atoms with Gasteiger partial charge in [-0.15, -0.1) is 13.2 Å². The first-order valence-corrected chi connectivity index (χ1v) is 7.83. The van der Waals surface area contributed by atoms with Gasteiger partial charge in [0, 0.05) is 11.3 Å². The predicted molar refractivity (Wildman–Crippen MR) is 85.1 cm³/mol. The summed E-state index contributed by atoms with van der Waals surface area (Å²) in [6.07, 6.45) is 14.9. The minimum absolute atomic E-state index is 0.110. The summed E-state index contributed by atoms with van der Waals surface area (Å²) >= 11 is 0. The minimum atomic E-state index is -0.621. The zero-order valence-corrected chi connectivity index (χ0v) is 12.5. The van der Waals surface area contributed by atoms with Gasteiger partial charge >= 0.3 is 0 Å². The molecule has 0 aromatic carbocycles. The number of allylic oxidation sites excluding steroid dienone is 8. The van der Waals surface area contributed by atoms with Crippen LogP contribution in [0.15, 0.2) is 60.8 Å². The molecule has 108 valence electrons. The van der Waals surface area contributed by atoms with Gasteiger partial charge in [-0.25, -0.2) is 0 Å². The minimum Gasteiger partial charge on any atom is -0.197 e. The Bertz CT molecular complexity index is 769. The van der Waals surface area contributed by atoms with Crippen molar-refractivity contribution in [3.05, 3.63) is 60.8 Å². The van der Waals surface area contributed by atoms with E-state index in [0.717, 1.165) is 19.3 Å². The standard InChI is InChI=1S/C20H18N2/c1-3-15-10-14-6-5-7-20-16(4-2)11-18(20,12-21)8-9-19(15,13-22)17(14)20/h3-5,7-9,15-16H,1-2,6,10-11H2/t15-,16?,18-,19+,20-/m1/s1. The van der Waals surface area contributed by atoms with Gasteiger partial charge in [0.1, 0.15) is 5.41 Å². The van der Waals surface area contributed by atoms with E-state index in [-0.39, 0.29) is 17.3 Å². The van der Waals surface area contributed by atoms with Gasteiger partial charge in [0.15, 0.2) is 0 Å². The molecular weight excluding hydrogens is 268 g/mol. The molecule has 0 aromatic heterocycles. The van der Waals surface area contributed by atoms with Crippen LogP contribution in [-0.2, 0) is 0 Å². The molecule has 22 heavy (non-hydrogen) atoms. The molecule has 1 unspecified atom stereocenters. The average molecular weight is 286 g/mol. The third-order valence-corrected chi connectivity index (χ3v) is 6.43. The Hall–Kier alpha value is -2.32. The topological polar surface area (TPSA) is 47.6 Å². The lowest BCUT2D eigenvalue weighted by Gasteiger charge is -2.64. The summed E-state index contributed by atoms with van der Waals surface area (Å²) in [7, 11) is 0. The quantitative estimate of drug-likeness (QED) is 0.713. The van der Waals surface area contributed by atoms with E-state index in [1.54, 1.807) is 0 Å². The van der Waals surface area contributed by atoms with Crippen molar-refractivity contribution in [2.24, 2.45) is 28.1 Å². The van der Waals surface area contributed by atoms with Gasteiger partial charge in [-0.3, -0.25) is 0 Å². The van der Waals surface area contributed by atoms with Gasteiger partial charge in [0.2, 0.25) is 0 Å². The van der Waals surface area contributed by atoms with Crippen molar-refractivity contribution in [1.82, 2.24) is 0 Å². The zero-order chi connectivity index (χ0) is 15.6. The van der Waals surface area contributed by atoms with E-state index in [1.807, 2.05) is 24.3 Å².